The Morgan fingerprint density at radius 1 is 1.20 bits per heavy atom. The van der Waals surface area contributed by atoms with E-state index in [1.54, 1.807) is 7.11 Å². The molecule has 1 aliphatic rings. The van der Waals surface area contributed by atoms with Gasteiger partial charge in [-0.25, -0.2) is 9.78 Å². The van der Waals surface area contributed by atoms with Gasteiger partial charge in [-0.05, 0) is 67.1 Å². The highest BCUT2D eigenvalue weighted by Gasteiger charge is 2.29. The van der Waals surface area contributed by atoms with Crippen molar-refractivity contribution in [2.75, 3.05) is 25.5 Å². The molecule has 1 fully saturated rings. The Kier molecular flexibility index (Phi) is 6.81. The Labute approximate surface area is 211 Å². The van der Waals surface area contributed by atoms with Crippen LogP contribution in [0.1, 0.15) is 28.1 Å². The second-order valence-corrected chi connectivity index (χ2v) is 10.4. The molecule has 0 spiro atoms. The van der Waals surface area contributed by atoms with E-state index in [-0.39, 0.29) is 18.5 Å². The Morgan fingerprint density at radius 3 is 2.77 bits per heavy atom. The van der Waals surface area contributed by atoms with Crippen LogP contribution >= 0.6 is 22.7 Å². The van der Waals surface area contributed by atoms with Crippen molar-refractivity contribution >= 4 is 49.8 Å². The lowest BCUT2D eigenvalue weighted by atomic mass is 10.0. The van der Waals surface area contributed by atoms with Gasteiger partial charge in [-0.2, -0.15) is 0 Å². The minimum Gasteiger partial charge on any atom is -0.497 e. The number of rotatable bonds is 8. The topological polar surface area (TPSA) is 91.8 Å². The predicted molar refractivity (Wildman–Crippen MR) is 140 cm³/mol. The molecule has 5 rings (SSSR count). The van der Waals surface area contributed by atoms with Gasteiger partial charge in [-0.3, -0.25) is 9.69 Å². The number of amides is 1. The lowest BCUT2D eigenvalue weighted by molar-refractivity contribution is -0.117. The summed E-state index contributed by atoms with van der Waals surface area (Å²) in [6.45, 7) is 1.07. The van der Waals surface area contributed by atoms with Gasteiger partial charge in [0.1, 0.15) is 10.6 Å². The number of carboxylic acid groups (broad SMARTS) is 1. The molecule has 35 heavy (non-hydrogen) atoms. The van der Waals surface area contributed by atoms with Crippen LogP contribution in [-0.4, -0.2) is 53.1 Å². The third kappa shape index (κ3) is 5.07. The van der Waals surface area contributed by atoms with E-state index in [1.165, 1.54) is 22.7 Å². The number of aromatic nitrogens is 1. The van der Waals surface area contributed by atoms with Crippen molar-refractivity contribution in [2.45, 2.75) is 25.3 Å². The number of thiazole rings is 1. The Morgan fingerprint density at radius 2 is 2.00 bits per heavy atom. The van der Waals surface area contributed by atoms with Gasteiger partial charge in [0.15, 0.2) is 5.13 Å². The standard InChI is InChI=1S/C26H25N3O4S2/c1-33-18-10-8-16(9-11-18)21-15-34-26(27-21)28-23(30)14-29-12-4-5-17(29)13-20-19-6-2-3-7-22(19)35-24(20)25(31)32/h2-3,6-11,15,17H,4-5,12-14H2,1H3,(H,31,32)(H,27,28,30). The van der Waals surface area contributed by atoms with Gasteiger partial charge in [0, 0.05) is 21.7 Å². The fourth-order valence-electron chi connectivity index (χ4n) is 4.61. The number of nitrogens with zero attached hydrogens (tertiary/aromatic N) is 2. The van der Waals surface area contributed by atoms with Gasteiger partial charge in [-0.15, -0.1) is 22.7 Å². The zero-order chi connectivity index (χ0) is 24.4. The van der Waals surface area contributed by atoms with Crippen LogP contribution in [0, 0.1) is 0 Å². The molecule has 0 bridgehead atoms. The number of thiophene rings is 1. The molecule has 0 aliphatic carbocycles. The smallest absolute Gasteiger partial charge is 0.346 e. The molecule has 0 radical (unpaired) electrons. The van der Waals surface area contributed by atoms with Gasteiger partial charge in [0.05, 0.1) is 19.3 Å². The number of hydrogen-bond acceptors (Lipinski definition) is 7. The number of hydrogen-bond donors (Lipinski definition) is 2. The third-order valence-corrected chi connectivity index (χ3v) is 8.27. The summed E-state index contributed by atoms with van der Waals surface area (Å²) in [5.41, 5.74) is 2.64. The number of carbonyl (C=O) groups is 2. The molecule has 7 nitrogen and oxygen atoms in total. The van der Waals surface area contributed by atoms with Gasteiger partial charge in [0.25, 0.3) is 0 Å². The molecular formula is C26H25N3O4S2. The summed E-state index contributed by atoms with van der Waals surface area (Å²) in [6, 6.07) is 15.6. The van der Waals surface area contributed by atoms with E-state index in [1.807, 2.05) is 53.9 Å². The number of carboxylic acids is 1. The summed E-state index contributed by atoms with van der Waals surface area (Å²) in [7, 11) is 1.63. The maximum atomic E-state index is 12.8. The van der Waals surface area contributed by atoms with Crippen LogP contribution in [0.2, 0.25) is 0 Å². The summed E-state index contributed by atoms with van der Waals surface area (Å²) in [4.78, 5) is 31.8. The zero-order valence-electron chi connectivity index (χ0n) is 19.2. The van der Waals surface area contributed by atoms with Crippen molar-refractivity contribution in [2.24, 2.45) is 0 Å². The van der Waals surface area contributed by atoms with Gasteiger partial charge in [-0.1, -0.05) is 18.2 Å². The molecule has 4 aromatic rings. The fourth-order valence-corrected chi connectivity index (χ4v) is 6.42. The minimum absolute atomic E-state index is 0.110. The van der Waals surface area contributed by atoms with Crippen molar-refractivity contribution in [1.29, 1.82) is 0 Å². The number of likely N-dealkylation sites (tertiary alicyclic amines) is 1. The molecule has 1 atom stereocenters. The Balaban J connectivity index is 1.25. The molecule has 2 N–H and O–H groups in total. The Hall–Kier alpha value is -3.27. The largest absolute Gasteiger partial charge is 0.497 e. The molecular weight excluding hydrogens is 482 g/mol. The third-order valence-electron chi connectivity index (χ3n) is 6.31. The summed E-state index contributed by atoms with van der Waals surface area (Å²) >= 11 is 2.72. The average molecular weight is 508 g/mol. The van der Waals surface area contributed by atoms with Gasteiger partial charge < -0.3 is 15.2 Å². The van der Waals surface area contributed by atoms with Crippen LogP contribution < -0.4 is 10.1 Å². The molecule has 180 valence electrons. The molecule has 3 heterocycles. The van der Waals surface area contributed by atoms with Crippen molar-refractivity contribution in [1.82, 2.24) is 9.88 Å². The van der Waals surface area contributed by atoms with Crippen LogP contribution in [0.15, 0.2) is 53.9 Å². The quantitative estimate of drug-likeness (QED) is 0.333. The number of fused-ring (bicyclic) bond motifs is 1. The first kappa shape index (κ1) is 23.5. The van der Waals surface area contributed by atoms with Crippen LogP contribution in [0.25, 0.3) is 21.3 Å². The predicted octanol–water partition coefficient (Wildman–Crippen LogP) is 5.38. The summed E-state index contributed by atoms with van der Waals surface area (Å²) in [5, 5.41) is 16.2. The number of methoxy groups -OCH3 is 1. The average Bonchev–Trinajstić information content (AvgIpc) is 3.59. The monoisotopic (exact) mass is 507 g/mol. The van der Waals surface area contributed by atoms with Crippen molar-refractivity contribution in [3.05, 3.63) is 64.4 Å². The molecule has 1 amide bonds. The SMILES string of the molecule is COc1ccc(-c2csc(NC(=O)CN3CCCC3Cc3c(C(=O)O)sc4ccccc34)n2)cc1. The normalized spacial score (nSPS) is 16.0. The number of carbonyl (C=O) groups excluding carboxylic acids is 1. The van der Waals surface area contributed by atoms with Gasteiger partial charge in [0.2, 0.25) is 5.91 Å². The molecule has 1 unspecified atom stereocenters. The fraction of sp³-hybridized carbons (Fsp3) is 0.269. The van der Waals surface area contributed by atoms with Crippen molar-refractivity contribution in [3.8, 4) is 17.0 Å². The van der Waals surface area contributed by atoms with Crippen LogP contribution in [0.3, 0.4) is 0 Å². The molecule has 9 heteroatoms. The van der Waals surface area contributed by atoms with E-state index in [0.29, 0.717) is 16.4 Å². The van der Waals surface area contributed by atoms with E-state index in [9.17, 15) is 14.7 Å². The first-order chi connectivity index (χ1) is 17.0. The second kappa shape index (κ2) is 10.2. The minimum atomic E-state index is -0.889. The maximum absolute atomic E-state index is 12.8. The highest BCUT2D eigenvalue weighted by atomic mass is 32.1. The highest BCUT2D eigenvalue weighted by molar-refractivity contribution is 7.21. The van der Waals surface area contributed by atoms with E-state index in [0.717, 1.165) is 52.0 Å². The van der Waals surface area contributed by atoms with Crippen LogP contribution in [0.5, 0.6) is 5.75 Å². The van der Waals surface area contributed by atoms with E-state index in [2.05, 4.69) is 15.2 Å². The molecule has 1 saturated heterocycles. The molecule has 1 aliphatic heterocycles. The van der Waals surface area contributed by atoms with Crippen molar-refractivity contribution < 1.29 is 19.4 Å². The van der Waals surface area contributed by atoms with E-state index in [4.69, 9.17) is 4.74 Å². The lowest BCUT2D eigenvalue weighted by Gasteiger charge is -2.23. The van der Waals surface area contributed by atoms with Crippen LogP contribution in [0.4, 0.5) is 5.13 Å². The number of anilines is 1. The molecule has 0 saturated carbocycles. The van der Waals surface area contributed by atoms with E-state index < -0.39 is 5.97 Å². The number of nitrogens with one attached hydrogen (secondary N) is 1. The van der Waals surface area contributed by atoms with E-state index >= 15 is 0 Å². The summed E-state index contributed by atoms with van der Waals surface area (Å²) in [5.74, 6) is -0.218. The van der Waals surface area contributed by atoms with Gasteiger partial charge >= 0.3 is 5.97 Å². The highest BCUT2D eigenvalue weighted by Crippen LogP contribution is 2.34. The van der Waals surface area contributed by atoms with Crippen molar-refractivity contribution in [3.63, 3.8) is 0 Å². The maximum Gasteiger partial charge on any atom is 0.346 e. The first-order valence-corrected chi connectivity index (χ1v) is 13.1. The number of aromatic carboxylic acids is 1. The second-order valence-electron chi connectivity index (χ2n) is 8.50. The Bertz CT molecular complexity index is 1360. The summed E-state index contributed by atoms with van der Waals surface area (Å²) < 4.78 is 6.18. The first-order valence-electron chi connectivity index (χ1n) is 11.4. The molecule has 2 aromatic carbocycles. The summed E-state index contributed by atoms with van der Waals surface area (Å²) in [6.07, 6.45) is 2.55. The number of benzene rings is 2. The van der Waals surface area contributed by atoms with Crippen LogP contribution in [-0.2, 0) is 11.2 Å². The lowest BCUT2D eigenvalue weighted by Crippen LogP contribution is -2.38. The number of ether oxygens (including phenoxy) is 1. The molecule has 2 aromatic heterocycles. The zero-order valence-corrected chi connectivity index (χ0v) is 20.8.